The van der Waals surface area contributed by atoms with Crippen molar-refractivity contribution in [2.45, 2.75) is 26.2 Å². The summed E-state index contributed by atoms with van der Waals surface area (Å²) in [5.74, 6) is -0.0614. The summed E-state index contributed by atoms with van der Waals surface area (Å²) in [7, 11) is 0. The van der Waals surface area contributed by atoms with Gasteiger partial charge in [-0.1, -0.05) is 0 Å². The van der Waals surface area contributed by atoms with Gasteiger partial charge in [0.25, 0.3) is 5.91 Å². The number of rotatable bonds is 7. The highest BCUT2D eigenvalue weighted by Crippen LogP contribution is 2.26. The van der Waals surface area contributed by atoms with Crippen LogP contribution in [0.2, 0.25) is 0 Å². The Kier molecular flexibility index (Phi) is 7.60. The van der Waals surface area contributed by atoms with Crippen molar-refractivity contribution in [2.24, 2.45) is 5.92 Å². The van der Waals surface area contributed by atoms with E-state index in [9.17, 15) is 14.0 Å². The fourth-order valence-corrected chi connectivity index (χ4v) is 3.74. The zero-order valence-corrected chi connectivity index (χ0v) is 17.6. The molecule has 31 heavy (non-hydrogen) atoms. The summed E-state index contributed by atoms with van der Waals surface area (Å²) in [6.07, 6.45) is 1.33. The van der Waals surface area contributed by atoms with Crippen LogP contribution in [0, 0.1) is 23.1 Å². The van der Waals surface area contributed by atoms with Gasteiger partial charge in [0.15, 0.2) is 0 Å². The SMILES string of the molecule is CCOc1ccc(N(CCC#N)C(=O)C2CCN(C(=O)c3ccc(F)cc3)CC2)cc1. The Morgan fingerprint density at radius 2 is 1.77 bits per heavy atom. The van der Waals surface area contributed by atoms with Crippen molar-refractivity contribution >= 4 is 17.5 Å². The predicted molar refractivity (Wildman–Crippen MR) is 115 cm³/mol. The van der Waals surface area contributed by atoms with Gasteiger partial charge in [0.2, 0.25) is 5.91 Å². The number of hydrogen-bond donors (Lipinski definition) is 0. The molecule has 0 aromatic heterocycles. The Balaban J connectivity index is 1.65. The number of piperidine rings is 1. The smallest absolute Gasteiger partial charge is 0.253 e. The first kappa shape index (κ1) is 22.3. The molecule has 0 spiro atoms. The lowest BCUT2D eigenvalue weighted by Gasteiger charge is -2.34. The molecule has 1 heterocycles. The molecule has 1 saturated heterocycles. The van der Waals surface area contributed by atoms with Crippen LogP contribution < -0.4 is 9.64 Å². The fourth-order valence-electron chi connectivity index (χ4n) is 3.74. The van der Waals surface area contributed by atoms with Crippen LogP contribution >= 0.6 is 0 Å². The molecule has 162 valence electrons. The number of anilines is 1. The molecule has 0 bridgehead atoms. The van der Waals surface area contributed by atoms with Crippen LogP contribution in [0.25, 0.3) is 0 Å². The van der Waals surface area contributed by atoms with Gasteiger partial charge in [0.1, 0.15) is 11.6 Å². The van der Waals surface area contributed by atoms with Gasteiger partial charge in [-0.3, -0.25) is 9.59 Å². The third-order valence-electron chi connectivity index (χ3n) is 5.40. The van der Waals surface area contributed by atoms with Gasteiger partial charge < -0.3 is 14.5 Å². The van der Waals surface area contributed by atoms with E-state index in [1.165, 1.54) is 24.3 Å². The minimum atomic E-state index is -0.382. The monoisotopic (exact) mass is 423 g/mol. The van der Waals surface area contributed by atoms with Gasteiger partial charge >= 0.3 is 0 Å². The lowest BCUT2D eigenvalue weighted by atomic mass is 9.94. The normalized spacial score (nSPS) is 14.0. The summed E-state index contributed by atoms with van der Waals surface area (Å²) in [4.78, 5) is 29.2. The number of carbonyl (C=O) groups is 2. The Morgan fingerprint density at radius 1 is 1.13 bits per heavy atom. The maximum atomic E-state index is 13.2. The average molecular weight is 423 g/mol. The Morgan fingerprint density at radius 3 is 2.35 bits per heavy atom. The zero-order valence-electron chi connectivity index (χ0n) is 17.6. The average Bonchev–Trinajstić information content (AvgIpc) is 2.80. The lowest BCUT2D eigenvalue weighted by molar-refractivity contribution is -0.123. The van der Waals surface area contributed by atoms with Crippen molar-refractivity contribution in [3.05, 3.63) is 59.9 Å². The van der Waals surface area contributed by atoms with E-state index in [1.54, 1.807) is 9.80 Å². The quantitative estimate of drug-likeness (QED) is 0.674. The van der Waals surface area contributed by atoms with Crippen LogP contribution in [0.5, 0.6) is 5.75 Å². The number of likely N-dealkylation sites (tertiary alicyclic amines) is 1. The highest BCUT2D eigenvalue weighted by atomic mass is 19.1. The second-order valence-corrected chi connectivity index (χ2v) is 7.40. The Labute approximate surface area is 181 Å². The van der Waals surface area contributed by atoms with Crippen molar-refractivity contribution in [3.8, 4) is 11.8 Å². The lowest BCUT2D eigenvalue weighted by Crippen LogP contribution is -2.44. The summed E-state index contributed by atoms with van der Waals surface area (Å²) in [6, 6.07) is 14.9. The fraction of sp³-hybridized carbons (Fsp3) is 0.375. The number of hydrogen-bond acceptors (Lipinski definition) is 4. The zero-order chi connectivity index (χ0) is 22.2. The number of benzene rings is 2. The van der Waals surface area contributed by atoms with Crippen LogP contribution in [-0.2, 0) is 4.79 Å². The minimum Gasteiger partial charge on any atom is -0.494 e. The topological polar surface area (TPSA) is 73.6 Å². The molecular weight excluding hydrogens is 397 g/mol. The summed E-state index contributed by atoms with van der Waals surface area (Å²) >= 11 is 0. The Bertz CT molecular complexity index is 930. The van der Waals surface area contributed by atoms with Gasteiger partial charge in [-0.05, 0) is 68.3 Å². The molecule has 2 amide bonds. The van der Waals surface area contributed by atoms with E-state index in [4.69, 9.17) is 10.00 Å². The van der Waals surface area contributed by atoms with Gasteiger partial charge in [-0.25, -0.2) is 4.39 Å². The van der Waals surface area contributed by atoms with Gasteiger partial charge in [0, 0.05) is 36.8 Å². The number of nitrogens with zero attached hydrogens (tertiary/aromatic N) is 3. The van der Waals surface area contributed by atoms with Crippen molar-refractivity contribution in [1.82, 2.24) is 4.90 Å². The maximum absolute atomic E-state index is 13.2. The molecule has 3 rings (SSSR count). The van der Waals surface area contributed by atoms with Crippen molar-refractivity contribution in [2.75, 3.05) is 31.1 Å². The van der Waals surface area contributed by atoms with Crippen molar-refractivity contribution in [1.29, 1.82) is 5.26 Å². The summed E-state index contributed by atoms with van der Waals surface area (Å²) in [5.41, 5.74) is 1.17. The van der Waals surface area contributed by atoms with E-state index < -0.39 is 0 Å². The first-order chi connectivity index (χ1) is 15.0. The largest absolute Gasteiger partial charge is 0.494 e. The number of ether oxygens (including phenoxy) is 1. The van der Waals surface area contributed by atoms with Crippen LogP contribution in [0.3, 0.4) is 0 Å². The van der Waals surface area contributed by atoms with E-state index in [0.29, 0.717) is 44.6 Å². The van der Waals surface area contributed by atoms with Gasteiger partial charge in [-0.2, -0.15) is 5.26 Å². The standard InChI is InChI=1S/C24H26FN3O3/c1-2-31-22-10-8-21(9-11-22)28(15-3-14-26)24(30)19-12-16-27(17-13-19)23(29)18-4-6-20(25)7-5-18/h4-11,19H,2-3,12-13,15-17H2,1H3. The third-order valence-corrected chi connectivity index (χ3v) is 5.40. The maximum Gasteiger partial charge on any atom is 0.253 e. The van der Waals surface area contributed by atoms with Crippen molar-refractivity contribution < 1.29 is 18.7 Å². The van der Waals surface area contributed by atoms with E-state index in [-0.39, 0.29) is 30.0 Å². The highest BCUT2D eigenvalue weighted by Gasteiger charge is 2.31. The number of carbonyl (C=O) groups excluding carboxylic acids is 2. The van der Waals surface area contributed by atoms with E-state index >= 15 is 0 Å². The van der Waals surface area contributed by atoms with Gasteiger partial charge in [0.05, 0.1) is 19.1 Å². The van der Waals surface area contributed by atoms with E-state index in [0.717, 1.165) is 11.4 Å². The summed E-state index contributed by atoms with van der Waals surface area (Å²) in [5, 5.41) is 9.01. The Hall–Kier alpha value is -3.40. The molecular formula is C24H26FN3O3. The third kappa shape index (κ3) is 5.60. The molecule has 0 unspecified atom stereocenters. The molecule has 1 aliphatic rings. The molecule has 0 aliphatic carbocycles. The second-order valence-electron chi connectivity index (χ2n) is 7.40. The predicted octanol–water partition coefficient (Wildman–Crippen LogP) is 4.02. The van der Waals surface area contributed by atoms with E-state index in [1.807, 2.05) is 31.2 Å². The van der Waals surface area contributed by atoms with Crippen LogP contribution in [0.1, 0.15) is 36.5 Å². The minimum absolute atomic E-state index is 0.0340. The molecule has 0 N–H and O–H groups in total. The molecule has 2 aromatic rings. The molecule has 1 fully saturated rings. The van der Waals surface area contributed by atoms with E-state index in [2.05, 4.69) is 6.07 Å². The van der Waals surface area contributed by atoms with Crippen LogP contribution in [0.15, 0.2) is 48.5 Å². The van der Waals surface area contributed by atoms with Crippen LogP contribution in [0.4, 0.5) is 10.1 Å². The van der Waals surface area contributed by atoms with Crippen molar-refractivity contribution in [3.63, 3.8) is 0 Å². The summed E-state index contributed by atoms with van der Waals surface area (Å²) in [6.45, 7) is 3.71. The number of nitriles is 1. The first-order valence-electron chi connectivity index (χ1n) is 10.5. The molecule has 2 aromatic carbocycles. The van der Waals surface area contributed by atoms with Crippen LogP contribution in [-0.4, -0.2) is 43.0 Å². The molecule has 0 atom stereocenters. The molecule has 0 saturated carbocycles. The summed E-state index contributed by atoms with van der Waals surface area (Å²) < 4.78 is 18.6. The highest BCUT2D eigenvalue weighted by molar-refractivity contribution is 5.96. The molecule has 0 radical (unpaired) electrons. The molecule has 1 aliphatic heterocycles. The number of amides is 2. The number of halogens is 1. The first-order valence-corrected chi connectivity index (χ1v) is 10.5. The second kappa shape index (κ2) is 10.6. The van der Waals surface area contributed by atoms with Gasteiger partial charge in [-0.15, -0.1) is 0 Å². The molecule has 7 heteroatoms. The molecule has 6 nitrogen and oxygen atoms in total.